The Kier molecular flexibility index (Phi) is 2.96. The number of amides is 2. The molecule has 2 N–H and O–H groups in total. The van der Waals surface area contributed by atoms with Crippen LogP contribution in [0.5, 0.6) is 0 Å². The van der Waals surface area contributed by atoms with Crippen LogP contribution in [0.15, 0.2) is 24.3 Å². The van der Waals surface area contributed by atoms with Crippen LogP contribution in [0.25, 0.3) is 0 Å². The molecule has 0 spiro atoms. The van der Waals surface area contributed by atoms with Crippen molar-refractivity contribution in [2.75, 3.05) is 25.0 Å². The normalized spacial score (nSPS) is 26.2. The molecule has 0 bridgehead atoms. The topological polar surface area (TPSA) is 44.4 Å². The molecule has 18 heavy (non-hydrogen) atoms. The second-order valence-electron chi connectivity index (χ2n) is 5.31. The molecule has 96 valence electrons. The van der Waals surface area contributed by atoms with Crippen LogP contribution in [0.2, 0.25) is 0 Å². The van der Waals surface area contributed by atoms with Crippen LogP contribution < -0.4 is 10.6 Å². The number of likely N-dealkylation sites (tertiary alicyclic amines) is 1. The van der Waals surface area contributed by atoms with Gasteiger partial charge < -0.3 is 15.5 Å². The Morgan fingerprint density at radius 3 is 2.83 bits per heavy atom. The molecule has 1 aromatic carbocycles. The van der Waals surface area contributed by atoms with Gasteiger partial charge in [-0.2, -0.15) is 0 Å². The molecular formula is C14H19N3O. The molecule has 2 heterocycles. The number of carbonyl (C=O) groups is 1. The lowest BCUT2D eigenvalue weighted by atomic mass is 10.1. The number of nitrogens with zero attached hydrogens (tertiary/aromatic N) is 1. The van der Waals surface area contributed by atoms with Gasteiger partial charge in [-0.05, 0) is 37.9 Å². The Labute approximate surface area is 107 Å². The van der Waals surface area contributed by atoms with Gasteiger partial charge in [0.05, 0.1) is 0 Å². The summed E-state index contributed by atoms with van der Waals surface area (Å²) in [6, 6.07) is 8.44. The highest BCUT2D eigenvalue weighted by atomic mass is 16.2. The van der Waals surface area contributed by atoms with E-state index in [0.29, 0.717) is 12.0 Å². The first-order chi connectivity index (χ1) is 8.72. The quantitative estimate of drug-likeness (QED) is 0.792. The van der Waals surface area contributed by atoms with E-state index < -0.39 is 0 Å². The smallest absolute Gasteiger partial charge is 0.321 e. The summed E-state index contributed by atoms with van der Waals surface area (Å²) in [5.74, 6) is 0.647. The number of nitrogens with one attached hydrogen (secondary N) is 2. The number of benzene rings is 1. The lowest BCUT2D eigenvalue weighted by Crippen LogP contribution is -2.36. The SMILES string of the molecule is Cc1ccc(NC(=O)N2C[C@@H]3CCN[C@@H]3C2)cc1. The summed E-state index contributed by atoms with van der Waals surface area (Å²) < 4.78 is 0. The van der Waals surface area contributed by atoms with E-state index in [-0.39, 0.29) is 6.03 Å². The van der Waals surface area contributed by atoms with Crippen molar-refractivity contribution in [1.82, 2.24) is 10.2 Å². The molecule has 0 radical (unpaired) electrons. The minimum absolute atomic E-state index is 0.0232. The molecule has 0 aromatic heterocycles. The van der Waals surface area contributed by atoms with Gasteiger partial charge in [0.25, 0.3) is 0 Å². The fourth-order valence-electron chi connectivity index (χ4n) is 2.85. The molecule has 2 aliphatic rings. The minimum Gasteiger partial charge on any atom is -0.323 e. The molecular weight excluding hydrogens is 226 g/mol. The van der Waals surface area contributed by atoms with Gasteiger partial charge in [-0.3, -0.25) is 0 Å². The lowest BCUT2D eigenvalue weighted by molar-refractivity contribution is 0.219. The third-order valence-corrected chi connectivity index (χ3v) is 3.95. The second kappa shape index (κ2) is 4.61. The lowest BCUT2D eigenvalue weighted by Gasteiger charge is -2.18. The van der Waals surface area contributed by atoms with E-state index >= 15 is 0 Å². The van der Waals surface area contributed by atoms with E-state index in [2.05, 4.69) is 10.6 Å². The van der Waals surface area contributed by atoms with Crippen molar-refractivity contribution in [1.29, 1.82) is 0 Å². The van der Waals surface area contributed by atoms with Crippen molar-refractivity contribution in [2.24, 2.45) is 5.92 Å². The van der Waals surface area contributed by atoms with Crippen molar-refractivity contribution >= 4 is 11.7 Å². The first-order valence-corrected chi connectivity index (χ1v) is 6.58. The Morgan fingerprint density at radius 1 is 1.33 bits per heavy atom. The van der Waals surface area contributed by atoms with Crippen molar-refractivity contribution in [3.05, 3.63) is 29.8 Å². The molecule has 4 nitrogen and oxygen atoms in total. The molecule has 3 rings (SSSR count). The Balaban J connectivity index is 1.60. The molecule has 1 aromatic rings. The zero-order valence-electron chi connectivity index (χ0n) is 10.6. The molecule has 2 saturated heterocycles. The zero-order chi connectivity index (χ0) is 12.5. The van der Waals surface area contributed by atoms with Gasteiger partial charge in [-0.25, -0.2) is 4.79 Å². The van der Waals surface area contributed by atoms with Crippen LogP contribution in [0.4, 0.5) is 10.5 Å². The maximum atomic E-state index is 12.1. The van der Waals surface area contributed by atoms with Gasteiger partial charge in [0.1, 0.15) is 0 Å². The predicted octanol–water partition coefficient (Wildman–Crippen LogP) is 1.82. The van der Waals surface area contributed by atoms with Crippen molar-refractivity contribution in [3.8, 4) is 0 Å². The number of aryl methyl sites for hydroxylation is 1. The van der Waals surface area contributed by atoms with Crippen molar-refractivity contribution < 1.29 is 4.79 Å². The maximum Gasteiger partial charge on any atom is 0.321 e. The van der Waals surface area contributed by atoms with E-state index in [0.717, 1.165) is 25.3 Å². The molecule has 2 fully saturated rings. The average molecular weight is 245 g/mol. The van der Waals surface area contributed by atoms with Crippen molar-refractivity contribution in [2.45, 2.75) is 19.4 Å². The highest BCUT2D eigenvalue weighted by Crippen LogP contribution is 2.25. The Morgan fingerprint density at radius 2 is 2.11 bits per heavy atom. The van der Waals surface area contributed by atoms with Gasteiger partial charge in [0, 0.05) is 24.8 Å². The van der Waals surface area contributed by atoms with Gasteiger partial charge in [0.15, 0.2) is 0 Å². The standard InChI is InChI=1S/C14H19N3O/c1-10-2-4-12(5-3-10)16-14(18)17-8-11-6-7-15-13(11)9-17/h2-5,11,13,15H,6-9H2,1H3,(H,16,18)/t11-,13+/m0/s1. The predicted molar refractivity (Wildman–Crippen MR) is 71.7 cm³/mol. The summed E-state index contributed by atoms with van der Waals surface area (Å²) in [6.07, 6.45) is 1.19. The Hall–Kier alpha value is -1.55. The van der Waals surface area contributed by atoms with Crippen LogP contribution >= 0.6 is 0 Å². The van der Waals surface area contributed by atoms with Crippen LogP contribution in [0, 0.1) is 12.8 Å². The van der Waals surface area contributed by atoms with Gasteiger partial charge in [-0.1, -0.05) is 17.7 Å². The number of hydrogen-bond donors (Lipinski definition) is 2. The highest BCUT2D eigenvalue weighted by Gasteiger charge is 2.37. The van der Waals surface area contributed by atoms with E-state index in [1.165, 1.54) is 12.0 Å². The summed E-state index contributed by atoms with van der Waals surface area (Å²) in [5, 5.41) is 6.41. The first-order valence-electron chi connectivity index (χ1n) is 6.58. The average Bonchev–Trinajstić information content (AvgIpc) is 2.92. The Bertz CT molecular complexity index is 431. The monoisotopic (exact) mass is 245 g/mol. The molecule has 4 heteroatoms. The third kappa shape index (κ3) is 2.20. The molecule has 2 atom stereocenters. The highest BCUT2D eigenvalue weighted by molar-refractivity contribution is 5.89. The van der Waals surface area contributed by atoms with Crippen molar-refractivity contribution in [3.63, 3.8) is 0 Å². The molecule has 2 aliphatic heterocycles. The van der Waals surface area contributed by atoms with Crippen LogP contribution in [-0.2, 0) is 0 Å². The number of hydrogen-bond acceptors (Lipinski definition) is 2. The molecule has 0 unspecified atom stereocenters. The van der Waals surface area contributed by atoms with Gasteiger partial charge in [-0.15, -0.1) is 0 Å². The van der Waals surface area contributed by atoms with Crippen LogP contribution in [0.3, 0.4) is 0 Å². The van der Waals surface area contributed by atoms with E-state index in [1.807, 2.05) is 36.1 Å². The molecule has 2 amide bonds. The maximum absolute atomic E-state index is 12.1. The van der Waals surface area contributed by atoms with Gasteiger partial charge in [0.2, 0.25) is 0 Å². The summed E-state index contributed by atoms with van der Waals surface area (Å²) in [7, 11) is 0. The first kappa shape index (κ1) is 11.5. The van der Waals surface area contributed by atoms with E-state index in [1.54, 1.807) is 0 Å². The zero-order valence-corrected chi connectivity index (χ0v) is 10.6. The molecule has 0 aliphatic carbocycles. The summed E-state index contributed by atoms with van der Waals surface area (Å²) in [5.41, 5.74) is 2.07. The number of carbonyl (C=O) groups excluding carboxylic acids is 1. The fourth-order valence-corrected chi connectivity index (χ4v) is 2.85. The van der Waals surface area contributed by atoms with Crippen LogP contribution in [-0.4, -0.2) is 36.6 Å². The number of anilines is 1. The summed E-state index contributed by atoms with van der Waals surface area (Å²) in [6.45, 7) is 4.86. The van der Waals surface area contributed by atoms with E-state index in [9.17, 15) is 4.79 Å². The summed E-state index contributed by atoms with van der Waals surface area (Å²) in [4.78, 5) is 14.0. The number of urea groups is 1. The van der Waals surface area contributed by atoms with E-state index in [4.69, 9.17) is 0 Å². The number of rotatable bonds is 1. The fraction of sp³-hybridized carbons (Fsp3) is 0.500. The molecule has 0 saturated carbocycles. The summed E-state index contributed by atoms with van der Waals surface area (Å²) >= 11 is 0. The number of fused-ring (bicyclic) bond motifs is 1. The van der Waals surface area contributed by atoms with Crippen LogP contribution in [0.1, 0.15) is 12.0 Å². The second-order valence-corrected chi connectivity index (χ2v) is 5.31. The largest absolute Gasteiger partial charge is 0.323 e. The van der Waals surface area contributed by atoms with Gasteiger partial charge >= 0.3 is 6.03 Å². The minimum atomic E-state index is 0.0232. The third-order valence-electron chi connectivity index (χ3n) is 3.95.